The smallest absolute Gasteiger partial charge is 0.335 e. The second-order valence-electron chi connectivity index (χ2n) is 3.70. The van der Waals surface area contributed by atoms with E-state index in [1.807, 2.05) is 0 Å². The highest BCUT2D eigenvalue weighted by atomic mass is 16.5. The van der Waals surface area contributed by atoms with Gasteiger partial charge >= 0.3 is 5.97 Å². The molecular weight excluding hydrogens is 222 g/mol. The van der Waals surface area contributed by atoms with E-state index in [0.29, 0.717) is 17.7 Å². The number of benzene rings is 1. The van der Waals surface area contributed by atoms with Crippen LogP contribution in [0.5, 0.6) is 5.75 Å². The van der Waals surface area contributed by atoms with Crippen molar-refractivity contribution in [3.63, 3.8) is 0 Å². The van der Waals surface area contributed by atoms with E-state index >= 15 is 0 Å². The van der Waals surface area contributed by atoms with Crippen molar-refractivity contribution in [3.05, 3.63) is 29.3 Å². The average molecular weight is 237 g/mol. The van der Waals surface area contributed by atoms with Crippen LogP contribution in [-0.4, -0.2) is 23.1 Å². The zero-order valence-electron chi connectivity index (χ0n) is 9.77. The van der Waals surface area contributed by atoms with Gasteiger partial charge in [0.1, 0.15) is 5.75 Å². The number of carboxylic acids is 1. The summed E-state index contributed by atoms with van der Waals surface area (Å²) in [5, 5.41) is 8.86. The highest BCUT2D eigenvalue weighted by Gasteiger charge is 2.15. The molecule has 0 aliphatic carbocycles. The molecule has 0 aliphatic heterocycles. The molecule has 0 heterocycles. The van der Waals surface area contributed by atoms with Crippen LogP contribution in [0.2, 0.25) is 0 Å². The summed E-state index contributed by atoms with van der Waals surface area (Å²) in [6.45, 7) is 3.45. The SMILES string of the molecule is CCC(Oc1ccc(C(=O)O)c(C)c1)C(N)=O. The van der Waals surface area contributed by atoms with Gasteiger partial charge in [-0.05, 0) is 37.1 Å². The minimum Gasteiger partial charge on any atom is -0.481 e. The van der Waals surface area contributed by atoms with E-state index in [2.05, 4.69) is 0 Å². The standard InChI is InChI=1S/C12H15NO4/c1-3-10(11(13)14)17-8-4-5-9(12(15)16)7(2)6-8/h4-6,10H,3H2,1-2H3,(H2,13,14)(H,15,16). The first-order valence-electron chi connectivity index (χ1n) is 5.25. The lowest BCUT2D eigenvalue weighted by molar-refractivity contribution is -0.124. The summed E-state index contributed by atoms with van der Waals surface area (Å²) in [7, 11) is 0. The number of amides is 1. The van der Waals surface area contributed by atoms with Crippen molar-refractivity contribution in [2.75, 3.05) is 0 Å². The number of hydrogen-bond acceptors (Lipinski definition) is 3. The topological polar surface area (TPSA) is 89.6 Å². The molecule has 1 amide bonds. The molecule has 5 nitrogen and oxygen atoms in total. The van der Waals surface area contributed by atoms with E-state index in [-0.39, 0.29) is 5.56 Å². The number of rotatable bonds is 5. The fourth-order valence-electron chi connectivity index (χ4n) is 1.46. The molecule has 92 valence electrons. The van der Waals surface area contributed by atoms with Crippen LogP contribution in [0.4, 0.5) is 0 Å². The monoisotopic (exact) mass is 237 g/mol. The van der Waals surface area contributed by atoms with Gasteiger partial charge in [-0.3, -0.25) is 4.79 Å². The highest BCUT2D eigenvalue weighted by molar-refractivity contribution is 5.89. The molecule has 3 N–H and O–H groups in total. The first-order valence-corrected chi connectivity index (χ1v) is 5.25. The Kier molecular flexibility index (Phi) is 4.09. The van der Waals surface area contributed by atoms with Crippen LogP contribution in [0.1, 0.15) is 29.3 Å². The number of carbonyl (C=O) groups excluding carboxylic acids is 1. The predicted octanol–water partition coefficient (Wildman–Crippen LogP) is 1.34. The lowest BCUT2D eigenvalue weighted by Gasteiger charge is -2.14. The molecule has 0 aliphatic rings. The number of aromatic carboxylic acids is 1. The van der Waals surface area contributed by atoms with Crippen molar-refractivity contribution in [1.82, 2.24) is 0 Å². The number of carbonyl (C=O) groups is 2. The minimum absolute atomic E-state index is 0.212. The Hall–Kier alpha value is -2.04. The lowest BCUT2D eigenvalue weighted by atomic mass is 10.1. The van der Waals surface area contributed by atoms with E-state index in [9.17, 15) is 9.59 Å². The van der Waals surface area contributed by atoms with Crippen molar-refractivity contribution in [2.45, 2.75) is 26.4 Å². The summed E-state index contributed by atoms with van der Waals surface area (Å²) in [6, 6.07) is 4.54. The van der Waals surface area contributed by atoms with E-state index in [0.717, 1.165) is 0 Å². The first-order chi connectivity index (χ1) is 7.95. The van der Waals surface area contributed by atoms with Gasteiger partial charge in [0, 0.05) is 0 Å². The van der Waals surface area contributed by atoms with Crippen molar-refractivity contribution in [1.29, 1.82) is 0 Å². The third kappa shape index (κ3) is 3.21. The van der Waals surface area contributed by atoms with Crippen molar-refractivity contribution < 1.29 is 19.4 Å². The van der Waals surface area contributed by atoms with Crippen LogP contribution in [-0.2, 0) is 4.79 Å². The van der Waals surface area contributed by atoms with Gasteiger partial charge in [0.25, 0.3) is 5.91 Å². The maximum atomic E-state index is 11.0. The van der Waals surface area contributed by atoms with Gasteiger partial charge < -0.3 is 15.6 Å². The Morgan fingerprint density at radius 3 is 2.53 bits per heavy atom. The van der Waals surface area contributed by atoms with Crippen LogP contribution in [0.15, 0.2) is 18.2 Å². The van der Waals surface area contributed by atoms with Gasteiger partial charge in [0.05, 0.1) is 5.56 Å². The molecule has 0 spiro atoms. The van der Waals surface area contributed by atoms with E-state index < -0.39 is 18.0 Å². The number of carboxylic acid groups (broad SMARTS) is 1. The maximum Gasteiger partial charge on any atom is 0.335 e. The van der Waals surface area contributed by atoms with Crippen LogP contribution >= 0.6 is 0 Å². The molecule has 1 aromatic carbocycles. The second kappa shape index (κ2) is 5.34. The van der Waals surface area contributed by atoms with Gasteiger partial charge in [0.15, 0.2) is 6.10 Å². The third-order valence-corrected chi connectivity index (χ3v) is 2.39. The molecule has 1 atom stereocenters. The molecule has 1 rings (SSSR count). The Bertz CT molecular complexity index is 442. The number of primary amides is 1. The lowest BCUT2D eigenvalue weighted by Crippen LogP contribution is -2.33. The zero-order chi connectivity index (χ0) is 13.0. The minimum atomic E-state index is -0.990. The van der Waals surface area contributed by atoms with Crippen LogP contribution in [0.3, 0.4) is 0 Å². The van der Waals surface area contributed by atoms with Gasteiger partial charge in [-0.1, -0.05) is 6.92 Å². The van der Waals surface area contributed by atoms with Crippen molar-refractivity contribution in [2.24, 2.45) is 5.73 Å². The Morgan fingerprint density at radius 2 is 2.12 bits per heavy atom. The average Bonchev–Trinajstić information content (AvgIpc) is 2.24. The van der Waals surface area contributed by atoms with Crippen LogP contribution in [0, 0.1) is 6.92 Å². The highest BCUT2D eigenvalue weighted by Crippen LogP contribution is 2.19. The molecule has 0 radical (unpaired) electrons. The van der Waals surface area contributed by atoms with Crippen molar-refractivity contribution in [3.8, 4) is 5.75 Å². The number of aryl methyl sites for hydroxylation is 1. The first kappa shape index (κ1) is 13.0. The molecule has 1 aromatic rings. The summed E-state index contributed by atoms with van der Waals surface area (Å²) in [4.78, 5) is 21.8. The van der Waals surface area contributed by atoms with E-state index in [4.69, 9.17) is 15.6 Å². The normalized spacial score (nSPS) is 11.9. The summed E-state index contributed by atoms with van der Waals surface area (Å²) in [5.41, 5.74) is 5.94. The van der Waals surface area contributed by atoms with Gasteiger partial charge in [-0.25, -0.2) is 4.79 Å². The van der Waals surface area contributed by atoms with Gasteiger partial charge in [-0.15, -0.1) is 0 Å². The molecule has 17 heavy (non-hydrogen) atoms. The quantitative estimate of drug-likeness (QED) is 0.808. The van der Waals surface area contributed by atoms with E-state index in [1.165, 1.54) is 12.1 Å². The summed E-state index contributed by atoms with van der Waals surface area (Å²) in [6.07, 6.45) is -0.222. The molecular formula is C12H15NO4. The Morgan fingerprint density at radius 1 is 1.47 bits per heavy atom. The zero-order valence-corrected chi connectivity index (χ0v) is 9.77. The molecule has 0 saturated heterocycles. The molecule has 5 heteroatoms. The number of nitrogens with two attached hydrogens (primary N) is 1. The Balaban J connectivity index is 2.90. The summed E-state index contributed by atoms with van der Waals surface area (Å²) >= 11 is 0. The summed E-state index contributed by atoms with van der Waals surface area (Å²) < 4.78 is 5.37. The van der Waals surface area contributed by atoms with Crippen molar-refractivity contribution >= 4 is 11.9 Å². The van der Waals surface area contributed by atoms with Gasteiger partial charge in [-0.2, -0.15) is 0 Å². The number of ether oxygens (including phenoxy) is 1. The second-order valence-corrected chi connectivity index (χ2v) is 3.70. The predicted molar refractivity (Wildman–Crippen MR) is 62.0 cm³/mol. The van der Waals surface area contributed by atoms with Crippen LogP contribution < -0.4 is 10.5 Å². The van der Waals surface area contributed by atoms with Crippen LogP contribution in [0.25, 0.3) is 0 Å². The molecule has 0 saturated carbocycles. The molecule has 0 fully saturated rings. The molecule has 0 bridgehead atoms. The molecule has 0 aromatic heterocycles. The Labute approximate surface area is 99.2 Å². The van der Waals surface area contributed by atoms with E-state index in [1.54, 1.807) is 19.9 Å². The summed E-state index contributed by atoms with van der Waals surface area (Å²) in [5.74, 6) is -1.08. The fourth-order valence-corrected chi connectivity index (χ4v) is 1.46. The molecule has 1 unspecified atom stereocenters. The fraction of sp³-hybridized carbons (Fsp3) is 0.333. The van der Waals surface area contributed by atoms with Gasteiger partial charge in [0.2, 0.25) is 0 Å². The third-order valence-electron chi connectivity index (χ3n) is 2.39. The number of hydrogen-bond donors (Lipinski definition) is 2. The largest absolute Gasteiger partial charge is 0.481 e. The maximum absolute atomic E-state index is 11.0.